The highest BCUT2D eigenvalue weighted by atomic mass is 16.3. The van der Waals surface area contributed by atoms with Crippen LogP contribution < -0.4 is 0 Å². The van der Waals surface area contributed by atoms with Gasteiger partial charge in [0.2, 0.25) is 5.89 Å². The van der Waals surface area contributed by atoms with E-state index in [9.17, 15) is 5.11 Å². The molecule has 2 heterocycles. The van der Waals surface area contributed by atoms with Gasteiger partial charge in [-0.05, 0) is 125 Å². The molecule has 2 aromatic heterocycles. The first-order chi connectivity index (χ1) is 23.3. The van der Waals surface area contributed by atoms with Crippen LogP contribution in [0.3, 0.4) is 0 Å². The normalized spacial score (nSPS) is 12.0. The molecule has 0 spiro atoms. The first-order valence-electron chi connectivity index (χ1n) is 17.1. The van der Waals surface area contributed by atoms with Gasteiger partial charge in [-0.25, -0.2) is 4.98 Å². The summed E-state index contributed by atoms with van der Waals surface area (Å²) in [6.07, 6.45) is 1.93. The van der Waals surface area contributed by atoms with E-state index < -0.39 is 0 Å². The van der Waals surface area contributed by atoms with Gasteiger partial charge in [0, 0.05) is 22.7 Å². The van der Waals surface area contributed by atoms with E-state index in [2.05, 4.69) is 129 Å². The third-order valence-electron chi connectivity index (χ3n) is 9.68. The van der Waals surface area contributed by atoms with Crippen molar-refractivity contribution in [2.24, 2.45) is 0 Å². The molecule has 49 heavy (non-hydrogen) atoms. The van der Waals surface area contributed by atoms with E-state index in [1.807, 2.05) is 18.3 Å². The van der Waals surface area contributed by atoms with Crippen molar-refractivity contribution in [3.05, 3.63) is 125 Å². The fraction of sp³-hybridized carbons (Fsp3) is 0.244. The number of oxazole rings is 1. The minimum Gasteiger partial charge on any atom is -0.507 e. The van der Waals surface area contributed by atoms with Crippen LogP contribution in [0.5, 0.6) is 5.75 Å². The molecule has 0 aliphatic rings. The predicted octanol–water partition coefficient (Wildman–Crippen LogP) is 12.4. The maximum absolute atomic E-state index is 11.0. The maximum atomic E-state index is 11.0. The number of nitrogens with zero attached hydrogens (tertiary/aromatic N) is 2. The third-order valence-corrected chi connectivity index (χ3v) is 9.68. The van der Waals surface area contributed by atoms with Crippen molar-refractivity contribution in [2.75, 3.05) is 0 Å². The Morgan fingerprint density at radius 1 is 0.673 bits per heavy atom. The number of aromatic nitrogens is 2. The molecule has 4 heteroatoms. The second-order valence-corrected chi connectivity index (χ2v) is 15.0. The van der Waals surface area contributed by atoms with Crippen LogP contribution in [0.2, 0.25) is 0 Å². The van der Waals surface area contributed by atoms with Gasteiger partial charge in [0.05, 0.1) is 11.1 Å². The van der Waals surface area contributed by atoms with E-state index >= 15 is 0 Å². The standard InChI is InChI=1S/C45H44N2O2/c1-25(2)34-15-16-46-42-35(11-10-12-36(34)42)30-19-27(4)20-31(21-30)37-22-32(41-28(5)17-26(3)18-29(41)6)23-40-43(37)47-44(49-40)38-24-33(45(7,8)9)13-14-39(38)48/h10-25,48H,1-9H3. The van der Waals surface area contributed by atoms with Crippen molar-refractivity contribution in [3.8, 4) is 50.6 Å². The molecule has 0 aliphatic heterocycles. The number of hydrogen-bond donors (Lipinski definition) is 1. The molecule has 0 bridgehead atoms. The van der Waals surface area contributed by atoms with Gasteiger partial charge in [0.1, 0.15) is 11.3 Å². The van der Waals surface area contributed by atoms with Gasteiger partial charge in [-0.3, -0.25) is 4.98 Å². The number of phenols is 1. The number of para-hydroxylation sites is 1. The quantitative estimate of drug-likeness (QED) is 0.203. The molecular formula is C45H44N2O2. The van der Waals surface area contributed by atoms with E-state index in [1.54, 1.807) is 6.07 Å². The van der Waals surface area contributed by atoms with Gasteiger partial charge in [0.25, 0.3) is 0 Å². The molecule has 0 aliphatic carbocycles. The van der Waals surface area contributed by atoms with Crippen molar-refractivity contribution in [2.45, 2.75) is 73.6 Å². The van der Waals surface area contributed by atoms with Crippen LogP contribution in [-0.4, -0.2) is 15.1 Å². The average molecular weight is 645 g/mol. The van der Waals surface area contributed by atoms with E-state index in [0.717, 1.165) is 50.0 Å². The third kappa shape index (κ3) is 5.90. The van der Waals surface area contributed by atoms with E-state index in [-0.39, 0.29) is 11.2 Å². The molecule has 7 aromatic rings. The van der Waals surface area contributed by atoms with E-state index in [0.29, 0.717) is 23.0 Å². The Kier molecular flexibility index (Phi) is 7.94. The highest BCUT2D eigenvalue weighted by Crippen LogP contribution is 2.42. The second kappa shape index (κ2) is 12.0. The van der Waals surface area contributed by atoms with Crippen LogP contribution in [0.25, 0.3) is 66.8 Å². The summed E-state index contributed by atoms with van der Waals surface area (Å²) in [5.41, 5.74) is 16.7. The van der Waals surface area contributed by atoms with Gasteiger partial charge >= 0.3 is 0 Å². The SMILES string of the molecule is Cc1cc(-c2cc(-c3c(C)cc(C)cc3C)cc3oc(-c4cc(C(C)(C)C)ccc4O)nc23)cc(-c2cccc3c(C(C)C)ccnc23)c1. The van der Waals surface area contributed by atoms with Gasteiger partial charge in [0.15, 0.2) is 5.58 Å². The lowest BCUT2D eigenvalue weighted by Gasteiger charge is -2.19. The number of hydrogen-bond acceptors (Lipinski definition) is 4. The first-order valence-corrected chi connectivity index (χ1v) is 17.1. The smallest absolute Gasteiger partial charge is 0.231 e. The molecular weight excluding hydrogens is 601 g/mol. The van der Waals surface area contributed by atoms with E-state index in [1.165, 1.54) is 33.2 Å². The first kappa shape index (κ1) is 32.3. The number of fused-ring (bicyclic) bond motifs is 2. The van der Waals surface area contributed by atoms with Crippen LogP contribution in [0.4, 0.5) is 0 Å². The molecule has 4 nitrogen and oxygen atoms in total. The summed E-state index contributed by atoms with van der Waals surface area (Å²) in [5, 5.41) is 12.2. The van der Waals surface area contributed by atoms with Crippen LogP contribution in [0, 0.1) is 27.7 Å². The largest absolute Gasteiger partial charge is 0.507 e. The summed E-state index contributed by atoms with van der Waals surface area (Å²) >= 11 is 0. The summed E-state index contributed by atoms with van der Waals surface area (Å²) in [7, 11) is 0. The van der Waals surface area contributed by atoms with Crippen molar-refractivity contribution < 1.29 is 9.52 Å². The van der Waals surface area contributed by atoms with Crippen LogP contribution in [0.1, 0.15) is 73.9 Å². The number of aryl methyl sites for hydroxylation is 4. The van der Waals surface area contributed by atoms with Crippen molar-refractivity contribution >= 4 is 22.0 Å². The van der Waals surface area contributed by atoms with Gasteiger partial charge in [-0.1, -0.05) is 88.7 Å². The number of benzene rings is 5. The maximum Gasteiger partial charge on any atom is 0.231 e. The molecule has 7 rings (SSSR count). The molecule has 5 aromatic carbocycles. The summed E-state index contributed by atoms with van der Waals surface area (Å²) < 4.78 is 6.59. The summed E-state index contributed by atoms with van der Waals surface area (Å²) in [5.74, 6) is 0.943. The fourth-order valence-electron chi connectivity index (χ4n) is 7.35. The van der Waals surface area contributed by atoms with Crippen LogP contribution in [-0.2, 0) is 5.41 Å². The Balaban J connectivity index is 1.49. The summed E-state index contributed by atoms with van der Waals surface area (Å²) in [6.45, 7) is 19.6. The minimum absolute atomic E-state index is 0.0995. The lowest BCUT2D eigenvalue weighted by Crippen LogP contribution is -2.10. The highest BCUT2D eigenvalue weighted by Gasteiger charge is 2.22. The molecule has 0 amide bonds. The molecule has 246 valence electrons. The van der Waals surface area contributed by atoms with Gasteiger partial charge < -0.3 is 9.52 Å². The average Bonchev–Trinajstić information content (AvgIpc) is 3.46. The Labute approximate surface area is 289 Å². The molecule has 0 saturated carbocycles. The zero-order valence-electron chi connectivity index (χ0n) is 30.0. The molecule has 0 unspecified atom stereocenters. The summed E-state index contributed by atoms with van der Waals surface area (Å²) in [6, 6.07) is 29.9. The van der Waals surface area contributed by atoms with Gasteiger partial charge in [-0.15, -0.1) is 0 Å². The van der Waals surface area contributed by atoms with Crippen molar-refractivity contribution in [3.63, 3.8) is 0 Å². The monoisotopic (exact) mass is 644 g/mol. The lowest BCUT2D eigenvalue weighted by atomic mass is 9.86. The highest BCUT2D eigenvalue weighted by molar-refractivity contribution is 6.00. The van der Waals surface area contributed by atoms with Crippen molar-refractivity contribution in [1.29, 1.82) is 0 Å². The number of pyridine rings is 1. The number of rotatable bonds is 5. The topological polar surface area (TPSA) is 59.2 Å². The zero-order valence-corrected chi connectivity index (χ0v) is 30.0. The molecule has 0 saturated heterocycles. The number of aromatic hydroxyl groups is 1. The Bertz CT molecular complexity index is 2380. The molecule has 0 fully saturated rings. The molecule has 0 atom stereocenters. The Hall–Kier alpha value is -5.22. The van der Waals surface area contributed by atoms with Gasteiger partial charge in [-0.2, -0.15) is 0 Å². The van der Waals surface area contributed by atoms with Crippen LogP contribution >= 0.6 is 0 Å². The fourth-order valence-corrected chi connectivity index (χ4v) is 7.35. The second-order valence-electron chi connectivity index (χ2n) is 15.0. The Morgan fingerprint density at radius 3 is 2.06 bits per heavy atom. The lowest BCUT2D eigenvalue weighted by molar-refractivity contribution is 0.473. The van der Waals surface area contributed by atoms with Crippen molar-refractivity contribution in [1.82, 2.24) is 9.97 Å². The summed E-state index contributed by atoms with van der Waals surface area (Å²) in [4.78, 5) is 9.99. The minimum atomic E-state index is -0.0995. The van der Waals surface area contributed by atoms with E-state index in [4.69, 9.17) is 14.4 Å². The number of phenolic OH excluding ortho intramolecular Hbond substituents is 1. The molecule has 0 radical (unpaired) electrons. The zero-order chi connectivity index (χ0) is 34.8. The Morgan fingerprint density at radius 2 is 1.37 bits per heavy atom. The van der Waals surface area contributed by atoms with Crippen LogP contribution in [0.15, 0.2) is 95.5 Å². The predicted molar refractivity (Wildman–Crippen MR) is 204 cm³/mol. The molecule has 1 N–H and O–H groups in total.